The number of benzene rings is 1. The zero-order valence-corrected chi connectivity index (χ0v) is 16.0. The highest BCUT2D eigenvalue weighted by Gasteiger charge is 2.55. The van der Waals surface area contributed by atoms with Crippen molar-refractivity contribution >= 4 is 29.4 Å². The molecule has 3 rings (SSSR count). The van der Waals surface area contributed by atoms with Crippen LogP contribution in [0.4, 0.5) is 4.79 Å². The van der Waals surface area contributed by atoms with E-state index in [1.807, 2.05) is 18.2 Å². The maximum Gasteiger partial charge on any atom is 0.327 e. The maximum absolute atomic E-state index is 12.9. The van der Waals surface area contributed by atoms with Gasteiger partial charge in [0.2, 0.25) is 5.91 Å². The second kappa shape index (κ2) is 7.27. The van der Waals surface area contributed by atoms with E-state index in [1.54, 1.807) is 20.2 Å². The molecule has 0 bridgehead atoms. The number of hydrogen-bond acceptors (Lipinski definition) is 3. The molecule has 1 heterocycles. The van der Waals surface area contributed by atoms with Crippen LogP contribution >= 0.6 is 11.6 Å². The lowest BCUT2D eigenvalue weighted by Gasteiger charge is -2.35. The molecule has 26 heavy (non-hydrogen) atoms. The molecule has 0 aromatic heterocycles. The summed E-state index contributed by atoms with van der Waals surface area (Å²) in [5, 5.41) is 0.585. The summed E-state index contributed by atoms with van der Waals surface area (Å²) in [6.07, 6.45) is 4.29. The van der Waals surface area contributed by atoms with Crippen molar-refractivity contribution in [2.24, 2.45) is 0 Å². The number of carbonyl (C=O) groups excluding carboxylic acids is 3. The van der Waals surface area contributed by atoms with Crippen molar-refractivity contribution in [3.05, 3.63) is 34.9 Å². The Morgan fingerprint density at radius 1 is 1.19 bits per heavy atom. The molecule has 4 amide bonds. The van der Waals surface area contributed by atoms with Crippen LogP contribution in [0.1, 0.15) is 37.7 Å². The minimum absolute atomic E-state index is 0.231. The number of imide groups is 1. The molecule has 1 aliphatic carbocycles. The van der Waals surface area contributed by atoms with Crippen molar-refractivity contribution in [3.8, 4) is 0 Å². The summed E-state index contributed by atoms with van der Waals surface area (Å²) in [5.74, 6) is -0.517. The average molecular weight is 378 g/mol. The molecule has 2 fully saturated rings. The van der Waals surface area contributed by atoms with Crippen LogP contribution in [-0.4, -0.2) is 58.7 Å². The van der Waals surface area contributed by atoms with E-state index >= 15 is 0 Å². The molecule has 6 nitrogen and oxygen atoms in total. The number of hydrogen-bond donors (Lipinski definition) is 0. The quantitative estimate of drug-likeness (QED) is 0.758. The van der Waals surface area contributed by atoms with Gasteiger partial charge < -0.3 is 9.80 Å². The number of likely N-dealkylation sites (N-methyl/N-ethyl adjacent to an activating group) is 2. The lowest BCUT2D eigenvalue weighted by molar-refractivity contribution is -0.140. The van der Waals surface area contributed by atoms with Crippen LogP contribution in [0.25, 0.3) is 0 Å². The third kappa shape index (κ3) is 3.18. The average Bonchev–Trinajstić information content (AvgIpc) is 2.80. The summed E-state index contributed by atoms with van der Waals surface area (Å²) < 4.78 is 0. The lowest BCUT2D eigenvalue weighted by atomic mass is 9.81. The van der Waals surface area contributed by atoms with E-state index in [0.717, 1.165) is 29.7 Å². The predicted molar refractivity (Wildman–Crippen MR) is 98.6 cm³/mol. The topological polar surface area (TPSA) is 60.9 Å². The van der Waals surface area contributed by atoms with Gasteiger partial charge in [0.15, 0.2) is 0 Å². The highest BCUT2D eigenvalue weighted by molar-refractivity contribution is 6.31. The number of amides is 4. The van der Waals surface area contributed by atoms with Gasteiger partial charge in [-0.2, -0.15) is 0 Å². The minimum Gasteiger partial charge on any atom is -0.340 e. The number of nitrogens with zero attached hydrogens (tertiary/aromatic N) is 3. The van der Waals surface area contributed by atoms with Crippen LogP contribution in [0.5, 0.6) is 0 Å². The Labute approximate surface area is 158 Å². The third-order valence-corrected chi connectivity index (χ3v) is 5.94. The van der Waals surface area contributed by atoms with Gasteiger partial charge in [-0.25, -0.2) is 4.79 Å². The van der Waals surface area contributed by atoms with Crippen LogP contribution in [0.3, 0.4) is 0 Å². The maximum atomic E-state index is 12.9. The molecule has 1 saturated heterocycles. The Hall–Kier alpha value is -2.08. The monoisotopic (exact) mass is 377 g/mol. The second-order valence-electron chi connectivity index (χ2n) is 7.17. The van der Waals surface area contributed by atoms with Gasteiger partial charge in [0.05, 0.1) is 0 Å². The Kier molecular flexibility index (Phi) is 5.23. The third-order valence-electron chi connectivity index (χ3n) is 5.57. The summed E-state index contributed by atoms with van der Waals surface area (Å²) in [5.41, 5.74) is 0.0710. The van der Waals surface area contributed by atoms with Crippen molar-refractivity contribution in [1.82, 2.24) is 14.7 Å². The van der Waals surface area contributed by atoms with Crippen molar-refractivity contribution in [2.45, 2.75) is 44.2 Å². The molecule has 0 unspecified atom stereocenters. The van der Waals surface area contributed by atoms with E-state index in [4.69, 9.17) is 11.6 Å². The summed E-state index contributed by atoms with van der Waals surface area (Å²) in [6.45, 7) is 0.0976. The molecule has 1 aliphatic heterocycles. The molecule has 1 aromatic rings. The Morgan fingerprint density at radius 2 is 1.85 bits per heavy atom. The molecular weight excluding hydrogens is 354 g/mol. The molecule has 0 atom stereocenters. The van der Waals surface area contributed by atoms with E-state index in [-0.39, 0.29) is 24.4 Å². The second-order valence-corrected chi connectivity index (χ2v) is 7.57. The van der Waals surface area contributed by atoms with Gasteiger partial charge in [-0.05, 0) is 24.5 Å². The smallest absolute Gasteiger partial charge is 0.327 e. The number of halogens is 1. The zero-order valence-electron chi connectivity index (χ0n) is 15.2. The van der Waals surface area contributed by atoms with Gasteiger partial charge in [-0.1, -0.05) is 49.1 Å². The minimum atomic E-state index is -0.753. The van der Waals surface area contributed by atoms with Gasteiger partial charge in [-0.15, -0.1) is 0 Å². The summed E-state index contributed by atoms with van der Waals surface area (Å²) >= 11 is 6.14. The summed E-state index contributed by atoms with van der Waals surface area (Å²) in [6, 6.07) is 6.92. The van der Waals surface area contributed by atoms with Crippen molar-refractivity contribution in [3.63, 3.8) is 0 Å². The van der Waals surface area contributed by atoms with Gasteiger partial charge in [0, 0.05) is 25.7 Å². The first-order valence-electron chi connectivity index (χ1n) is 8.94. The normalized spacial score (nSPS) is 19.3. The van der Waals surface area contributed by atoms with Crippen LogP contribution in [0.2, 0.25) is 5.02 Å². The summed E-state index contributed by atoms with van der Waals surface area (Å²) in [7, 11) is 3.32. The highest BCUT2D eigenvalue weighted by atomic mass is 35.5. The SMILES string of the molecule is CN(Cc1ccccc1Cl)C(=O)CN1C(=O)N(C)C2(CCCCC2)C1=O. The molecule has 1 saturated carbocycles. The van der Waals surface area contributed by atoms with Crippen molar-refractivity contribution in [1.29, 1.82) is 0 Å². The predicted octanol–water partition coefficient (Wildman–Crippen LogP) is 2.90. The van der Waals surface area contributed by atoms with E-state index in [0.29, 0.717) is 24.4 Å². The molecule has 0 N–H and O–H groups in total. The van der Waals surface area contributed by atoms with Crippen molar-refractivity contribution in [2.75, 3.05) is 20.6 Å². The van der Waals surface area contributed by atoms with Gasteiger partial charge in [0.25, 0.3) is 5.91 Å². The highest BCUT2D eigenvalue weighted by Crippen LogP contribution is 2.39. The number of urea groups is 1. The van der Waals surface area contributed by atoms with E-state index in [2.05, 4.69) is 0 Å². The molecule has 7 heteroatoms. The van der Waals surface area contributed by atoms with Gasteiger partial charge in [-0.3, -0.25) is 14.5 Å². The first-order valence-corrected chi connectivity index (χ1v) is 9.32. The Bertz CT molecular complexity index is 730. The Balaban J connectivity index is 1.69. The molecule has 2 aliphatic rings. The fourth-order valence-corrected chi connectivity index (χ4v) is 4.09. The molecule has 1 aromatic carbocycles. The number of rotatable bonds is 4. The molecule has 1 spiro atoms. The van der Waals surface area contributed by atoms with Gasteiger partial charge in [0.1, 0.15) is 12.1 Å². The standard InChI is InChI=1S/C19H24ClN3O3/c1-21(12-14-8-4-5-9-15(14)20)16(24)13-23-17(25)19(22(2)18(23)26)10-6-3-7-11-19/h4-5,8-9H,3,6-7,10-13H2,1-2H3. The molecule has 0 radical (unpaired) electrons. The van der Waals surface area contributed by atoms with E-state index in [9.17, 15) is 14.4 Å². The molecule has 140 valence electrons. The van der Waals surface area contributed by atoms with E-state index in [1.165, 1.54) is 9.80 Å². The first kappa shape index (κ1) is 18.7. The zero-order chi connectivity index (χ0) is 18.9. The van der Waals surface area contributed by atoms with Gasteiger partial charge >= 0.3 is 6.03 Å². The fourth-order valence-electron chi connectivity index (χ4n) is 3.90. The van der Waals surface area contributed by atoms with E-state index < -0.39 is 5.54 Å². The lowest BCUT2D eigenvalue weighted by Crippen LogP contribution is -2.49. The van der Waals surface area contributed by atoms with Crippen molar-refractivity contribution < 1.29 is 14.4 Å². The fraction of sp³-hybridized carbons (Fsp3) is 0.526. The Morgan fingerprint density at radius 3 is 2.50 bits per heavy atom. The van der Waals surface area contributed by atoms with Crippen LogP contribution < -0.4 is 0 Å². The number of carbonyl (C=O) groups is 3. The molecular formula is C19H24ClN3O3. The van der Waals surface area contributed by atoms with Crippen LogP contribution in [-0.2, 0) is 16.1 Å². The summed E-state index contributed by atoms with van der Waals surface area (Å²) in [4.78, 5) is 42.3. The van der Waals surface area contributed by atoms with Crippen LogP contribution in [0.15, 0.2) is 24.3 Å². The van der Waals surface area contributed by atoms with Crippen LogP contribution in [0, 0.1) is 0 Å². The largest absolute Gasteiger partial charge is 0.340 e. The first-order chi connectivity index (χ1) is 12.4.